The van der Waals surface area contributed by atoms with Crippen LogP contribution in [-0.4, -0.2) is 43.7 Å². The van der Waals surface area contributed by atoms with Gasteiger partial charge < -0.3 is 10.4 Å². The second kappa shape index (κ2) is 6.26. The summed E-state index contributed by atoms with van der Waals surface area (Å²) in [5, 5.41) is 22.4. The first kappa shape index (κ1) is 15.3. The minimum absolute atomic E-state index is 0.368. The molecule has 2 heterocycles. The van der Waals surface area contributed by atoms with E-state index in [1.165, 1.54) is 37.2 Å². The van der Waals surface area contributed by atoms with Crippen LogP contribution in [-0.2, 0) is 5.60 Å². The molecule has 1 saturated heterocycles. The van der Waals surface area contributed by atoms with E-state index >= 15 is 0 Å². The summed E-state index contributed by atoms with van der Waals surface area (Å²) in [4.78, 5) is 0. The van der Waals surface area contributed by atoms with Crippen LogP contribution in [0.15, 0.2) is 6.20 Å². The Morgan fingerprint density at radius 3 is 2.81 bits per heavy atom. The van der Waals surface area contributed by atoms with Gasteiger partial charge in [-0.3, -0.25) is 0 Å². The van der Waals surface area contributed by atoms with E-state index in [2.05, 4.69) is 15.6 Å². The van der Waals surface area contributed by atoms with Gasteiger partial charge in [0.2, 0.25) is 0 Å². The lowest BCUT2D eigenvalue weighted by Gasteiger charge is -2.34. The van der Waals surface area contributed by atoms with Gasteiger partial charge in [0.1, 0.15) is 11.3 Å². The molecule has 1 aromatic heterocycles. The lowest BCUT2D eigenvalue weighted by Crippen LogP contribution is -2.45. The monoisotopic (exact) mass is 310 g/mol. The van der Waals surface area contributed by atoms with Crippen LogP contribution in [0.2, 0.25) is 0 Å². The molecule has 0 bridgehead atoms. The maximum atomic E-state index is 10.1. The summed E-state index contributed by atoms with van der Waals surface area (Å²) in [6.45, 7) is 3.52. The Balaban J connectivity index is 1.72. The fourth-order valence-corrected chi connectivity index (χ4v) is 4.48. The molecule has 0 radical (unpaired) electrons. The number of nitrogens with zero attached hydrogens (tertiary/aromatic N) is 3. The van der Waals surface area contributed by atoms with Gasteiger partial charge in [0.05, 0.1) is 12.2 Å². The first-order valence-corrected chi connectivity index (χ1v) is 9.18. The number of nitrogens with one attached hydrogen (secondary N) is 1. The molecular formula is C15H26N4OS. The maximum absolute atomic E-state index is 10.1. The molecule has 0 spiro atoms. The molecule has 1 unspecified atom stereocenters. The van der Waals surface area contributed by atoms with E-state index in [0.29, 0.717) is 23.8 Å². The highest BCUT2D eigenvalue weighted by molar-refractivity contribution is 7.99. The molecule has 1 aliphatic carbocycles. The van der Waals surface area contributed by atoms with Crippen molar-refractivity contribution in [2.24, 2.45) is 0 Å². The van der Waals surface area contributed by atoms with Crippen LogP contribution in [0.5, 0.6) is 0 Å². The van der Waals surface area contributed by atoms with Gasteiger partial charge in [-0.15, -0.1) is 5.10 Å². The van der Waals surface area contributed by atoms with Gasteiger partial charge in [-0.1, -0.05) is 18.1 Å². The van der Waals surface area contributed by atoms with Crippen LogP contribution in [0.3, 0.4) is 0 Å². The number of hydrogen-bond donors (Lipinski definition) is 2. The highest BCUT2D eigenvalue weighted by atomic mass is 32.2. The van der Waals surface area contributed by atoms with Crippen LogP contribution < -0.4 is 5.32 Å². The summed E-state index contributed by atoms with van der Waals surface area (Å²) in [5.41, 5.74) is -0.263. The first-order chi connectivity index (χ1) is 10.0. The third-order valence-electron chi connectivity index (χ3n) is 4.59. The summed E-state index contributed by atoms with van der Waals surface area (Å²) in [6, 6.07) is 1.50. The molecule has 2 N–H and O–H groups in total. The predicted octanol–water partition coefficient (Wildman–Crippen LogP) is 2.08. The molecule has 2 aliphatic rings. The molecule has 5 nitrogen and oxygen atoms in total. The Morgan fingerprint density at radius 1 is 1.33 bits per heavy atom. The van der Waals surface area contributed by atoms with Gasteiger partial charge in [0, 0.05) is 17.8 Å². The SMILES string of the molecule is CC(C)(O)c1cn([C@@H]2CCCC[C@@H]2NC2CCSC2)nn1. The number of rotatable bonds is 4. The zero-order chi connectivity index (χ0) is 14.9. The number of aliphatic hydroxyl groups is 1. The highest BCUT2D eigenvalue weighted by Gasteiger charge is 2.31. The fourth-order valence-electron chi connectivity index (χ4n) is 3.31. The fraction of sp³-hybridized carbons (Fsp3) is 0.867. The van der Waals surface area contributed by atoms with Gasteiger partial charge in [-0.25, -0.2) is 4.68 Å². The van der Waals surface area contributed by atoms with Crippen molar-refractivity contribution in [3.8, 4) is 0 Å². The summed E-state index contributed by atoms with van der Waals surface area (Å²) in [7, 11) is 0. The Hall–Kier alpha value is -0.590. The average Bonchev–Trinajstić information content (AvgIpc) is 3.09. The van der Waals surface area contributed by atoms with Gasteiger partial charge in [0.15, 0.2) is 0 Å². The highest BCUT2D eigenvalue weighted by Crippen LogP contribution is 2.30. The predicted molar refractivity (Wildman–Crippen MR) is 85.4 cm³/mol. The second-order valence-electron chi connectivity index (χ2n) is 6.83. The molecule has 0 amide bonds. The van der Waals surface area contributed by atoms with E-state index in [-0.39, 0.29) is 0 Å². The largest absolute Gasteiger partial charge is 0.384 e. The molecular weight excluding hydrogens is 284 g/mol. The summed E-state index contributed by atoms with van der Waals surface area (Å²) >= 11 is 2.04. The van der Waals surface area contributed by atoms with Crippen molar-refractivity contribution in [3.05, 3.63) is 11.9 Å². The van der Waals surface area contributed by atoms with E-state index in [0.717, 1.165) is 6.42 Å². The Bertz CT molecular complexity index is 464. The van der Waals surface area contributed by atoms with E-state index in [1.54, 1.807) is 13.8 Å². The van der Waals surface area contributed by atoms with Crippen LogP contribution in [0.25, 0.3) is 0 Å². The minimum atomic E-state index is -0.919. The van der Waals surface area contributed by atoms with Gasteiger partial charge in [0.25, 0.3) is 0 Å². The Kier molecular flexibility index (Phi) is 4.57. The van der Waals surface area contributed by atoms with E-state index in [9.17, 15) is 5.11 Å². The molecule has 21 heavy (non-hydrogen) atoms. The molecule has 1 aliphatic heterocycles. The number of aromatic nitrogens is 3. The number of hydrogen-bond acceptors (Lipinski definition) is 5. The van der Waals surface area contributed by atoms with Crippen molar-refractivity contribution >= 4 is 11.8 Å². The lowest BCUT2D eigenvalue weighted by atomic mass is 9.89. The van der Waals surface area contributed by atoms with Crippen molar-refractivity contribution in [1.82, 2.24) is 20.3 Å². The third kappa shape index (κ3) is 3.60. The van der Waals surface area contributed by atoms with Gasteiger partial charge in [-0.2, -0.15) is 11.8 Å². The van der Waals surface area contributed by atoms with Crippen molar-refractivity contribution in [3.63, 3.8) is 0 Å². The van der Waals surface area contributed by atoms with Crippen molar-refractivity contribution in [1.29, 1.82) is 0 Å². The van der Waals surface area contributed by atoms with Crippen LogP contribution in [0, 0.1) is 0 Å². The molecule has 1 aromatic rings. The standard InChI is InChI=1S/C15H26N4OS/c1-15(2,20)14-9-19(18-17-14)13-6-4-3-5-12(13)16-11-7-8-21-10-11/h9,11-13,16,20H,3-8,10H2,1-2H3/t11?,12-,13+/m0/s1. The molecule has 118 valence electrons. The zero-order valence-corrected chi connectivity index (χ0v) is 13.8. The summed E-state index contributed by atoms with van der Waals surface area (Å²) < 4.78 is 1.98. The zero-order valence-electron chi connectivity index (χ0n) is 13.0. The second-order valence-corrected chi connectivity index (χ2v) is 7.98. The van der Waals surface area contributed by atoms with Crippen molar-refractivity contribution in [2.75, 3.05) is 11.5 Å². The van der Waals surface area contributed by atoms with Crippen molar-refractivity contribution in [2.45, 2.75) is 69.7 Å². The summed E-state index contributed by atoms with van der Waals surface area (Å²) in [6.07, 6.45) is 8.10. The van der Waals surface area contributed by atoms with Crippen LogP contribution in [0.4, 0.5) is 0 Å². The van der Waals surface area contributed by atoms with E-state index in [4.69, 9.17) is 0 Å². The van der Waals surface area contributed by atoms with Crippen LogP contribution >= 0.6 is 11.8 Å². The van der Waals surface area contributed by atoms with Crippen molar-refractivity contribution < 1.29 is 5.11 Å². The van der Waals surface area contributed by atoms with Gasteiger partial charge in [-0.05, 0) is 38.9 Å². The molecule has 3 rings (SSSR count). The normalized spacial score (nSPS) is 30.7. The van der Waals surface area contributed by atoms with Crippen LogP contribution in [0.1, 0.15) is 57.7 Å². The van der Waals surface area contributed by atoms with E-state index < -0.39 is 5.60 Å². The Labute approximate surface area is 130 Å². The quantitative estimate of drug-likeness (QED) is 0.891. The van der Waals surface area contributed by atoms with Gasteiger partial charge >= 0.3 is 0 Å². The molecule has 3 atom stereocenters. The first-order valence-electron chi connectivity index (χ1n) is 8.02. The smallest absolute Gasteiger partial charge is 0.114 e. The average molecular weight is 310 g/mol. The molecule has 0 aromatic carbocycles. The maximum Gasteiger partial charge on any atom is 0.114 e. The Morgan fingerprint density at radius 2 is 2.14 bits per heavy atom. The summed E-state index contributed by atoms with van der Waals surface area (Å²) in [5.74, 6) is 2.51. The molecule has 6 heteroatoms. The topological polar surface area (TPSA) is 63.0 Å². The molecule has 2 fully saturated rings. The number of thioether (sulfide) groups is 1. The molecule has 1 saturated carbocycles. The third-order valence-corrected chi connectivity index (χ3v) is 5.75. The minimum Gasteiger partial charge on any atom is -0.384 e. The van der Waals surface area contributed by atoms with E-state index in [1.807, 2.05) is 22.6 Å². The lowest BCUT2D eigenvalue weighted by molar-refractivity contribution is 0.0736.